The summed E-state index contributed by atoms with van der Waals surface area (Å²) in [4.78, 5) is 12.4. The van der Waals surface area contributed by atoms with Gasteiger partial charge in [-0.2, -0.15) is 4.31 Å². The molecule has 1 aliphatic rings. The van der Waals surface area contributed by atoms with E-state index >= 15 is 0 Å². The van der Waals surface area contributed by atoms with Crippen LogP contribution in [0.4, 0.5) is 0 Å². The van der Waals surface area contributed by atoms with Crippen LogP contribution < -0.4 is 4.74 Å². The molecule has 10 heteroatoms. The molecule has 4 aromatic rings. The molecule has 0 saturated carbocycles. The normalized spacial score (nSPS) is 18.5. The van der Waals surface area contributed by atoms with Crippen molar-refractivity contribution in [1.82, 2.24) is 19.3 Å². The number of aromatic nitrogens is 3. The Balaban J connectivity index is 1.55. The number of aryl methyl sites for hydroxylation is 3. The van der Waals surface area contributed by atoms with E-state index in [9.17, 15) is 19.0 Å². The summed E-state index contributed by atoms with van der Waals surface area (Å²) in [6.45, 7) is 9.29. The number of fused-ring (bicyclic) bond motifs is 2. The second-order valence-electron chi connectivity index (χ2n) is 10.3. The molecular weight excluding hydrogens is 528 g/mol. The van der Waals surface area contributed by atoms with Gasteiger partial charge in [0.1, 0.15) is 22.3 Å². The van der Waals surface area contributed by atoms with Gasteiger partial charge in [-0.3, -0.25) is 13.9 Å². The van der Waals surface area contributed by atoms with Crippen molar-refractivity contribution in [2.75, 3.05) is 6.54 Å². The van der Waals surface area contributed by atoms with E-state index in [1.54, 1.807) is 22.5 Å². The molecule has 0 bridgehead atoms. The molecule has 212 valence electrons. The first-order valence-corrected chi connectivity index (χ1v) is 15.1. The first-order valence-electron chi connectivity index (χ1n) is 13.6. The predicted octanol–water partition coefficient (Wildman–Crippen LogP) is 6.37. The molecule has 1 aliphatic heterocycles. The van der Waals surface area contributed by atoms with Crippen LogP contribution in [-0.4, -0.2) is 52.1 Å². The number of carboxylic acid groups (broad SMARTS) is 1. The lowest BCUT2D eigenvalue weighted by Crippen LogP contribution is -2.34. The van der Waals surface area contributed by atoms with Gasteiger partial charge in [-0.05, 0) is 73.2 Å². The second kappa shape index (κ2) is 11.2. The molecule has 40 heavy (non-hydrogen) atoms. The lowest BCUT2D eigenvalue weighted by molar-refractivity contribution is -0.137. The fraction of sp³-hybridized carbons (Fsp3) is 0.367. The third-order valence-electron chi connectivity index (χ3n) is 7.82. The van der Waals surface area contributed by atoms with Gasteiger partial charge in [0.25, 0.3) is 0 Å². The number of ether oxygens (including phenoxy) is 1. The highest BCUT2D eigenvalue weighted by molar-refractivity contribution is 8.22. The van der Waals surface area contributed by atoms with Crippen LogP contribution in [0.5, 0.6) is 5.75 Å². The summed E-state index contributed by atoms with van der Waals surface area (Å²) < 4.78 is 32.6. The van der Waals surface area contributed by atoms with Gasteiger partial charge < -0.3 is 9.84 Å². The highest BCUT2D eigenvalue weighted by Gasteiger charge is 2.35. The number of aliphatic carboxylic acids is 1. The predicted molar refractivity (Wildman–Crippen MR) is 156 cm³/mol. The van der Waals surface area contributed by atoms with E-state index in [0.717, 1.165) is 38.9 Å². The van der Waals surface area contributed by atoms with E-state index in [4.69, 9.17) is 4.74 Å². The minimum absolute atomic E-state index is 0.0885. The van der Waals surface area contributed by atoms with Crippen LogP contribution in [0.3, 0.4) is 0 Å². The largest absolute Gasteiger partial charge is 0.487 e. The molecule has 0 fully saturated rings. The van der Waals surface area contributed by atoms with Gasteiger partial charge in [-0.15, -0.1) is 15.9 Å². The third-order valence-corrected chi connectivity index (χ3v) is 9.74. The molecule has 0 spiro atoms. The van der Waals surface area contributed by atoms with Gasteiger partial charge in [0.05, 0.1) is 18.5 Å². The van der Waals surface area contributed by atoms with Gasteiger partial charge in [-0.1, -0.05) is 48.5 Å². The molecule has 0 aliphatic carbocycles. The average Bonchev–Trinajstić information content (AvgIpc) is 3.32. The zero-order valence-electron chi connectivity index (χ0n) is 23.2. The number of rotatable bonds is 8. The summed E-state index contributed by atoms with van der Waals surface area (Å²) in [7, 11) is -3.32. The number of para-hydroxylation sites is 1. The van der Waals surface area contributed by atoms with Gasteiger partial charge in [0.15, 0.2) is 0 Å². The molecule has 0 radical (unpaired) electrons. The molecule has 5 rings (SSSR count). The number of nitrogens with zero attached hydrogens (tertiary/aromatic N) is 4. The minimum Gasteiger partial charge on any atom is -0.487 e. The van der Waals surface area contributed by atoms with Crippen molar-refractivity contribution in [3.63, 3.8) is 0 Å². The van der Waals surface area contributed by atoms with Crippen molar-refractivity contribution in [3.8, 4) is 5.75 Å². The summed E-state index contributed by atoms with van der Waals surface area (Å²) in [6, 6.07) is 17.0. The Bertz CT molecular complexity index is 1550. The lowest BCUT2D eigenvalue weighted by atomic mass is 9.84. The Morgan fingerprint density at radius 3 is 2.62 bits per heavy atom. The maximum atomic E-state index is 12.0. The standard InChI is InChI=1S/C30H36N4O5S/c1-5-23-18-33(40(37,38)28-10-8-7-9-27(28)39-23)17-22-15-21(12-11-19(22)3)25(16-29(35)36)24-13-14-26-30(20(24)4)31-32-34(26)6-2/h7-15,23,25,37-38H,5-6,16-18H2,1-4H3,(H,35,36). The van der Waals surface area contributed by atoms with Gasteiger partial charge in [-0.25, -0.2) is 4.68 Å². The van der Waals surface area contributed by atoms with Crippen molar-refractivity contribution < 1.29 is 23.7 Å². The number of hydrogen-bond acceptors (Lipinski definition) is 7. The smallest absolute Gasteiger partial charge is 0.304 e. The van der Waals surface area contributed by atoms with Crippen molar-refractivity contribution in [2.24, 2.45) is 0 Å². The van der Waals surface area contributed by atoms with E-state index < -0.39 is 22.7 Å². The molecule has 2 unspecified atom stereocenters. The van der Waals surface area contributed by atoms with Crippen LogP contribution in [0.1, 0.15) is 60.4 Å². The summed E-state index contributed by atoms with van der Waals surface area (Å²) in [5, 5.41) is 18.5. The first-order chi connectivity index (χ1) is 19.1. The fourth-order valence-electron chi connectivity index (χ4n) is 5.47. The Kier molecular flexibility index (Phi) is 7.87. The van der Waals surface area contributed by atoms with E-state index in [1.165, 1.54) is 0 Å². The summed E-state index contributed by atoms with van der Waals surface area (Å²) in [6.07, 6.45) is 0.420. The number of benzene rings is 3. The number of carbonyl (C=O) groups is 1. The maximum Gasteiger partial charge on any atom is 0.304 e. The van der Waals surface area contributed by atoms with Crippen molar-refractivity contribution >= 4 is 27.8 Å². The Morgan fingerprint density at radius 2 is 1.90 bits per heavy atom. The molecule has 1 aromatic heterocycles. The number of carboxylic acids is 1. The quantitative estimate of drug-likeness (QED) is 0.226. The molecule has 0 amide bonds. The topological polar surface area (TPSA) is 121 Å². The average molecular weight is 565 g/mol. The highest BCUT2D eigenvalue weighted by atomic mass is 32.3. The molecule has 3 aromatic carbocycles. The molecular formula is C30H36N4O5S. The van der Waals surface area contributed by atoms with Crippen LogP contribution in [0, 0.1) is 13.8 Å². The van der Waals surface area contributed by atoms with E-state index in [1.807, 2.05) is 68.8 Å². The monoisotopic (exact) mass is 564 g/mol. The van der Waals surface area contributed by atoms with Gasteiger partial charge >= 0.3 is 5.97 Å². The van der Waals surface area contributed by atoms with Crippen LogP contribution >= 0.6 is 10.8 Å². The minimum atomic E-state index is -3.32. The first kappa shape index (κ1) is 28.1. The van der Waals surface area contributed by atoms with Crippen molar-refractivity contribution in [3.05, 3.63) is 82.4 Å². The summed E-state index contributed by atoms with van der Waals surface area (Å²) >= 11 is 0. The summed E-state index contributed by atoms with van der Waals surface area (Å²) in [5.41, 5.74) is 6.22. The fourth-order valence-corrected chi connectivity index (χ4v) is 7.09. The van der Waals surface area contributed by atoms with Crippen LogP contribution in [0.2, 0.25) is 0 Å². The molecule has 9 nitrogen and oxygen atoms in total. The van der Waals surface area contributed by atoms with Crippen molar-refractivity contribution in [2.45, 2.75) is 70.5 Å². The van der Waals surface area contributed by atoms with E-state index in [0.29, 0.717) is 30.2 Å². The Labute approximate surface area is 235 Å². The van der Waals surface area contributed by atoms with E-state index in [-0.39, 0.29) is 19.1 Å². The highest BCUT2D eigenvalue weighted by Crippen LogP contribution is 2.57. The second-order valence-corrected chi connectivity index (χ2v) is 12.3. The van der Waals surface area contributed by atoms with Crippen LogP contribution in [-0.2, 0) is 17.9 Å². The zero-order chi connectivity index (χ0) is 28.6. The van der Waals surface area contributed by atoms with Gasteiger partial charge in [0.2, 0.25) is 0 Å². The van der Waals surface area contributed by atoms with Gasteiger partial charge in [0, 0.05) is 19.0 Å². The lowest BCUT2D eigenvalue weighted by Gasteiger charge is -2.42. The molecule has 3 N–H and O–H groups in total. The van der Waals surface area contributed by atoms with Crippen molar-refractivity contribution in [1.29, 1.82) is 0 Å². The molecule has 2 heterocycles. The molecule has 0 saturated heterocycles. The summed E-state index contributed by atoms with van der Waals surface area (Å²) in [5.74, 6) is -0.815. The molecule has 2 atom stereocenters. The van der Waals surface area contributed by atoms with Crippen LogP contribution in [0.25, 0.3) is 11.0 Å². The van der Waals surface area contributed by atoms with Crippen LogP contribution in [0.15, 0.2) is 59.5 Å². The Morgan fingerprint density at radius 1 is 1.12 bits per heavy atom. The zero-order valence-corrected chi connectivity index (χ0v) is 24.1. The third kappa shape index (κ3) is 5.19. The SMILES string of the molecule is CCC1CN(Cc2cc(C(CC(=O)O)c3ccc4c(nnn4CC)c3C)ccc2C)S(O)(O)c2ccccc2O1. The van der Waals surface area contributed by atoms with E-state index in [2.05, 4.69) is 10.3 Å². The Hall–Kier alpha value is -3.44. The maximum absolute atomic E-state index is 12.0. The number of hydrogen-bond donors (Lipinski definition) is 3.